The highest BCUT2D eigenvalue weighted by molar-refractivity contribution is 9.10. The summed E-state index contributed by atoms with van der Waals surface area (Å²) < 4.78 is 12.0. The van der Waals surface area contributed by atoms with Gasteiger partial charge in [-0.3, -0.25) is 25.8 Å². The lowest BCUT2D eigenvalue weighted by atomic mass is 10.1. The van der Waals surface area contributed by atoms with E-state index in [1.54, 1.807) is 24.3 Å². The number of thiocarbonyl (C=S) groups is 1. The van der Waals surface area contributed by atoms with E-state index < -0.39 is 11.8 Å². The number of amides is 2. The normalized spacial score (nSPS) is 10.4. The Labute approximate surface area is 205 Å². The van der Waals surface area contributed by atoms with Crippen LogP contribution in [0, 0.1) is 0 Å². The van der Waals surface area contributed by atoms with Crippen molar-refractivity contribution in [2.75, 3.05) is 13.2 Å². The first kappa shape index (κ1) is 24.5. The first-order valence-electron chi connectivity index (χ1n) is 10.4. The van der Waals surface area contributed by atoms with E-state index >= 15 is 0 Å². The molecule has 3 rings (SSSR count). The van der Waals surface area contributed by atoms with Crippen LogP contribution in [0.1, 0.15) is 30.1 Å². The summed E-state index contributed by atoms with van der Waals surface area (Å²) in [6.45, 7) is 2.48. The fraction of sp³-hybridized carbons (Fsp3) is 0.208. The van der Waals surface area contributed by atoms with Gasteiger partial charge in [-0.15, -0.1) is 0 Å². The van der Waals surface area contributed by atoms with Crippen LogP contribution in [-0.4, -0.2) is 30.1 Å². The number of fused-ring (bicyclic) bond motifs is 1. The summed E-state index contributed by atoms with van der Waals surface area (Å²) >= 11 is 8.49. The summed E-state index contributed by atoms with van der Waals surface area (Å²) in [5.41, 5.74) is 5.30. The standard InChI is InChI=1S/C24H24BrN3O4S/c1-2-3-13-31-21-12-11-17(14-19(21)25)23(30)26-24(33)28-27-22(29)15-32-20-10-6-8-16-7-4-5-9-18(16)20/h4-12,14H,2-3,13,15H2,1H3,(H,27,29)(H2,26,28,30,33). The van der Waals surface area contributed by atoms with Crippen molar-refractivity contribution in [1.82, 2.24) is 16.2 Å². The molecule has 0 aliphatic rings. The van der Waals surface area contributed by atoms with Crippen molar-refractivity contribution in [1.29, 1.82) is 0 Å². The molecule has 0 bridgehead atoms. The van der Waals surface area contributed by atoms with Gasteiger partial charge in [0, 0.05) is 10.9 Å². The predicted molar refractivity (Wildman–Crippen MR) is 135 cm³/mol. The smallest absolute Gasteiger partial charge is 0.276 e. The second-order valence-electron chi connectivity index (χ2n) is 7.07. The van der Waals surface area contributed by atoms with Crippen LogP contribution in [0.3, 0.4) is 0 Å². The van der Waals surface area contributed by atoms with E-state index in [-0.39, 0.29) is 11.7 Å². The van der Waals surface area contributed by atoms with E-state index in [0.717, 1.165) is 23.6 Å². The van der Waals surface area contributed by atoms with E-state index in [4.69, 9.17) is 21.7 Å². The first-order chi connectivity index (χ1) is 16.0. The lowest BCUT2D eigenvalue weighted by molar-refractivity contribution is -0.123. The van der Waals surface area contributed by atoms with Crippen molar-refractivity contribution in [3.8, 4) is 11.5 Å². The van der Waals surface area contributed by atoms with Crippen LogP contribution in [0.5, 0.6) is 11.5 Å². The van der Waals surface area contributed by atoms with Gasteiger partial charge in [0.15, 0.2) is 11.7 Å². The highest BCUT2D eigenvalue weighted by atomic mass is 79.9. The van der Waals surface area contributed by atoms with Gasteiger partial charge in [-0.25, -0.2) is 0 Å². The van der Waals surface area contributed by atoms with Crippen molar-refractivity contribution in [2.24, 2.45) is 0 Å². The van der Waals surface area contributed by atoms with Gasteiger partial charge in [0.25, 0.3) is 11.8 Å². The summed E-state index contributed by atoms with van der Waals surface area (Å²) in [4.78, 5) is 24.5. The van der Waals surface area contributed by atoms with Gasteiger partial charge in [-0.1, -0.05) is 49.7 Å². The molecule has 0 radical (unpaired) electrons. The molecule has 3 aromatic carbocycles. The number of ether oxygens (including phenoxy) is 2. The zero-order valence-corrected chi connectivity index (χ0v) is 20.4. The maximum atomic E-state index is 12.4. The SMILES string of the molecule is CCCCOc1ccc(C(=O)NC(=S)NNC(=O)COc2cccc3ccccc23)cc1Br. The number of hydrazine groups is 1. The summed E-state index contributed by atoms with van der Waals surface area (Å²) in [5.74, 6) is 0.399. The van der Waals surface area contributed by atoms with Crippen molar-refractivity contribution in [2.45, 2.75) is 19.8 Å². The number of unbranched alkanes of at least 4 members (excludes halogenated alkanes) is 1. The van der Waals surface area contributed by atoms with Gasteiger partial charge >= 0.3 is 0 Å². The van der Waals surface area contributed by atoms with Crippen LogP contribution in [0.4, 0.5) is 0 Å². The van der Waals surface area contributed by atoms with Crippen LogP contribution in [-0.2, 0) is 4.79 Å². The van der Waals surface area contributed by atoms with Crippen LogP contribution in [0.2, 0.25) is 0 Å². The second-order valence-corrected chi connectivity index (χ2v) is 8.33. The first-order valence-corrected chi connectivity index (χ1v) is 11.6. The van der Waals surface area contributed by atoms with E-state index in [9.17, 15) is 9.59 Å². The molecule has 0 saturated carbocycles. The van der Waals surface area contributed by atoms with Crippen LogP contribution >= 0.6 is 28.1 Å². The van der Waals surface area contributed by atoms with E-state index in [1.165, 1.54) is 0 Å². The monoisotopic (exact) mass is 529 g/mol. The molecule has 9 heteroatoms. The fourth-order valence-electron chi connectivity index (χ4n) is 2.92. The summed E-state index contributed by atoms with van der Waals surface area (Å²) in [6.07, 6.45) is 1.99. The average Bonchev–Trinajstić information content (AvgIpc) is 2.82. The third kappa shape index (κ3) is 7.16. The topological polar surface area (TPSA) is 88.7 Å². The van der Waals surface area contributed by atoms with Gasteiger partial charge in [-0.2, -0.15) is 0 Å². The fourth-order valence-corrected chi connectivity index (χ4v) is 3.56. The third-order valence-electron chi connectivity index (χ3n) is 4.60. The maximum Gasteiger partial charge on any atom is 0.276 e. The number of carbonyl (C=O) groups excluding carboxylic acids is 2. The van der Waals surface area contributed by atoms with E-state index in [1.807, 2.05) is 36.4 Å². The lowest BCUT2D eigenvalue weighted by Crippen LogP contribution is -2.49. The van der Waals surface area contributed by atoms with E-state index in [0.29, 0.717) is 28.1 Å². The second kappa shape index (κ2) is 12.2. The Bertz CT molecular complexity index is 1150. The molecule has 3 N–H and O–H groups in total. The number of carbonyl (C=O) groups is 2. The summed E-state index contributed by atoms with van der Waals surface area (Å²) in [6, 6.07) is 18.4. The molecule has 0 aromatic heterocycles. The number of hydrogen-bond acceptors (Lipinski definition) is 5. The van der Waals surface area contributed by atoms with Gasteiger partial charge < -0.3 is 9.47 Å². The van der Waals surface area contributed by atoms with Gasteiger partial charge in [-0.05, 0) is 64.2 Å². The molecular formula is C24H24BrN3O4S. The Kier molecular flexibility index (Phi) is 9.03. The van der Waals surface area contributed by atoms with Gasteiger partial charge in [0.05, 0.1) is 11.1 Å². The minimum Gasteiger partial charge on any atom is -0.492 e. The minimum atomic E-state index is -0.448. The molecule has 33 heavy (non-hydrogen) atoms. The van der Waals surface area contributed by atoms with Crippen molar-refractivity contribution in [3.63, 3.8) is 0 Å². The van der Waals surface area contributed by atoms with Crippen molar-refractivity contribution >= 4 is 55.8 Å². The highest BCUT2D eigenvalue weighted by Gasteiger charge is 2.12. The molecule has 3 aromatic rings. The quantitative estimate of drug-likeness (QED) is 0.226. The maximum absolute atomic E-state index is 12.4. The van der Waals surface area contributed by atoms with Gasteiger partial charge in [0.1, 0.15) is 11.5 Å². The molecular weight excluding hydrogens is 506 g/mol. The van der Waals surface area contributed by atoms with Crippen LogP contribution < -0.4 is 25.6 Å². The Morgan fingerprint density at radius 1 is 0.970 bits per heavy atom. The zero-order chi connectivity index (χ0) is 23.6. The summed E-state index contributed by atoms with van der Waals surface area (Å²) in [5, 5.41) is 4.40. The summed E-state index contributed by atoms with van der Waals surface area (Å²) in [7, 11) is 0. The minimum absolute atomic E-state index is 0.0436. The number of benzene rings is 3. The molecule has 0 heterocycles. The molecule has 0 spiro atoms. The molecule has 7 nitrogen and oxygen atoms in total. The largest absolute Gasteiger partial charge is 0.492 e. The Hall–Kier alpha value is -3.17. The predicted octanol–water partition coefficient (Wildman–Crippen LogP) is 4.50. The van der Waals surface area contributed by atoms with Crippen LogP contribution in [0.25, 0.3) is 10.8 Å². The Balaban J connectivity index is 1.45. The number of rotatable bonds is 8. The average molecular weight is 530 g/mol. The molecule has 0 saturated heterocycles. The molecule has 0 fully saturated rings. The molecule has 0 aliphatic carbocycles. The van der Waals surface area contributed by atoms with Crippen molar-refractivity contribution in [3.05, 3.63) is 70.7 Å². The highest BCUT2D eigenvalue weighted by Crippen LogP contribution is 2.26. The zero-order valence-electron chi connectivity index (χ0n) is 18.0. The lowest BCUT2D eigenvalue weighted by Gasteiger charge is -2.13. The molecule has 2 amide bonds. The number of halogens is 1. The van der Waals surface area contributed by atoms with Crippen LogP contribution in [0.15, 0.2) is 65.1 Å². The molecule has 0 atom stereocenters. The number of hydrogen-bond donors (Lipinski definition) is 3. The Morgan fingerprint density at radius 2 is 1.76 bits per heavy atom. The third-order valence-corrected chi connectivity index (χ3v) is 5.42. The molecule has 0 aliphatic heterocycles. The number of nitrogens with one attached hydrogen (secondary N) is 3. The molecule has 172 valence electrons. The van der Waals surface area contributed by atoms with Crippen molar-refractivity contribution < 1.29 is 19.1 Å². The van der Waals surface area contributed by atoms with E-state index in [2.05, 4.69) is 39.0 Å². The van der Waals surface area contributed by atoms with Gasteiger partial charge in [0.2, 0.25) is 0 Å². The Morgan fingerprint density at radius 3 is 2.55 bits per heavy atom. The molecule has 0 unspecified atom stereocenters.